The van der Waals surface area contributed by atoms with Gasteiger partial charge in [-0.1, -0.05) is 19.8 Å². The highest BCUT2D eigenvalue weighted by Crippen LogP contribution is 2.29. The summed E-state index contributed by atoms with van der Waals surface area (Å²) in [6.07, 6.45) is 7.82. The summed E-state index contributed by atoms with van der Waals surface area (Å²) in [5, 5.41) is 8.94. The van der Waals surface area contributed by atoms with E-state index in [1.807, 2.05) is 0 Å². The summed E-state index contributed by atoms with van der Waals surface area (Å²) in [5.41, 5.74) is 0. The summed E-state index contributed by atoms with van der Waals surface area (Å²) < 4.78 is 0. The van der Waals surface area contributed by atoms with Gasteiger partial charge in [-0.25, -0.2) is 0 Å². The maximum Gasteiger partial charge on any atom is 0.306 e. The fourth-order valence-electron chi connectivity index (χ4n) is 2.76. The molecule has 0 aromatic heterocycles. The summed E-state index contributed by atoms with van der Waals surface area (Å²) >= 11 is 0. The van der Waals surface area contributed by atoms with Gasteiger partial charge in [-0.15, -0.1) is 0 Å². The Morgan fingerprint density at radius 1 is 1.24 bits per heavy atom. The monoisotopic (exact) mass is 241 g/mol. The van der Waals surface area contributed by atoms with Gasteiger partial charge < -0.3 is 10.0 Å². The number of carbonyl (C=O) groups is 1. The van der Waals surface area contributed by atoms with Crippen molar-refractivity contribution in [3.8, 4) is 0 Å². The Hall–Kier alpha value is -0.570. The van der Waals surface area contributed by atoms with E-state index in [0.29, 0.717) is 0 Å². The molecule has 1 saturated carbocycles. The molecule has 1 aliphatic rings. The first-order valence-electron chi connectivity index (χ1n) is 7.04. The highest BCUT2D eigenvalue weighted by Gasteiger charge is 2.26. The molecule has 0 heterocycles. The third kappa shape index (κ3) is 5.53. The van der Waals surface area contributed by atoms with Gasteiger partial charge >= 0.3 is 5.97 Å². The van der Waals surface area contributed by atoms with Crippen molar-refractivity contribution in [3.63, 3.8) is 0 Å². The van der Waals surface area contributed by atoms with E-state index in [2.05, 4.69) is 18.9 Å². The Morgan fingerprint density at radius 2 is 1.88 bits per heavy atom. The molecular formula is C14H27NO2. The standard InChI is InChI=1S/C14H27NO2/c1-3-4-5-10-15(2)11-12-6-8-13(9-7-12)14(16)17/h12-13H,3-11H2,1-2H3,(H,16,17). The van der Waals surface area contributed by atoms with Crippen LogP contribution in [0.2, 0.25) is 0 Å². The van der Waals surface area contributed by atoms with Crippen LogP contribution in [0, 0.1) is 11.8 Å². The molecule has 1 N–H and O–H groups in total. The zero-order valence-electron chi connectivity index (χ0n) is 11.3. The van der Waals surface area contributed by atoms with E-state index in [1.165, 1.54) is 25.8 Å². The fourth-order valence-corrected chi connectivity index (χ4v) is 2.76. The summed E-state index contributed by atoms with van der Waals surface area (Å²) in [6, 6.07) is 0. The van der Waals surface area contributed by atoms with Crippen LogP contribution in [0.4, 0.5) is 0 Å². The number of carboxylic acid groups (broad SMARTS) is 1. The average Bonchev–Trinajstić information content (AvgIpc) is 2.30. The van der Waals surface area contributed by atoms with Gasteiger partial charge in [0.1, 0.15) is 0 Å². The third-order valence-electron chi connectivity index (χ3n) is 3.91. The van der Waals surface area contributed by atoms with Gasteiger partial charge in [0.05, 0.1) is 5.92 Å². The van der Waals surface area contributed by atoms with E-state index in [4.69, 9.17) is 5.11 Å². The number of hydrogen-bond donors (Lipinski definition) is 1. The zero-order chi connectivity index (χ0) is 12.7. The first-order chi connectivity index (χ1) is 8.13. The van der Waals surface area contributed by atoms with E-state index >= 15 is 0 Å². The number of nitrogens with zero attached hydrogens (tertiary/aromatic N) is 1. The molecule has 0 spiro atoms. The molecule has 0 aromatic carbocycles. The normalized spacial score (nSPS) is 25.1. The van der Waals surface area contributed by atoms with Gasteiger partial charge in [0, 0.05) is 6.54 Å². The maximum atomic E-state index is 10.8. The molecule has 17 heavy (non-hydrogen) atoms. The van der Waals surface area contributed by atoms with Crippen molar-refractivity contribution in [2.75, 3.05) is 20.1 Å². The highest BCUT2D eigenvalue weighted by atomic mass is 16.4. The van der Waals surface area contributed by atoms with E-state index < -0.39 is 5.97 Å². The molecule has 0 radical (unpaired) electrons. The molecule has 0 saturated heterocycles. The van der Waals surface area contributed by atoms with Crippen LogP contribution in [0.5, 0.6) is 0 Å². The number of unbranched alkanes of at least 4 members (excludes halogenated alkanes) is 2. The van der Waals surface area contributed by atoms with Crippen molar-refractivity contribution >= 4 is 5.97 Å². The molecule has 0 aromatic rings. The summed E-state index contributed by atoms with van der Waals surface area (Å²) in [5.74, 6) is 0.0497. The van der Waals surface area contributed by atoms with E-state index in [-0.39, 0.29) is 5.92 Å². The number of carboxylic acids is 1. The predicted molar refractivity (Wildman–Crippen MR) is 70.1 cm³/mol. The van der Waals surface area contributed by atoms with Gasteiger partial charge in [-0.05, 0) is 51.6 Å². The lowest BCUT2D eigenvalue weighted by molar-refractivity contribution is -0.143. The lowest BCUT2D eigenvalue weighted by Gasteiger charge is -2.29. The predicted octanol–water partition coefficient (Wildman–Crippen LogP) is 3.00. The molecule has 1 aliphatic carbocycles. The van der Waals surface area contributed by atoms with Gasteiger partial charge in [-0.2, -0.15) is 0 Å². The molecule has 0 unspecified atom stereocenters. The summed E-state index contributed by atoms with van der Waals surface area (Å²) in [7, 11) is 2.19. The largest absolute Gasteiger partial charge is 0.481 e. The van der Waals surface area contributed by atoms with Gasteiger partial charge in [0.2, 0.25) is 0 Å². The minimum absolute atomic E-state index is 0.0725. The Bertz CT molecular complexity index is 222. The first kappa shape index (κ1) is 14.5. The minimum atomic E-state index is -0.597. The van der Waals surface area contributed by atoms with Crippen LogP contribution >= 0.6 is 0 Å². The Morgan fingerprint density at radius 3 is 2.41 bits per heavy atom. The van der Waals surface area contributed by atoms with Crippen LogP contribution < -0.4 is 0 Å². The van der Waals surface area contributed by atoms with Crippen LogP contribution in [0.3, 0.4) is 0 Å². The molecule has 1 rings (SSSR count). The quantitative estimate of drug-likeness (QED) is 0.697. The summed E-state index contributed by atoms with van der Waals surface area (Å²) in [6.45, 7) is 4.57. The van der Waals surface area contributed by atoms with Crippen LogP contribution in [0.25, 0.3) is 0 Å². The van der Waals surface area contributed by atoms with Crippen molar-refractivity contribution in [2.45, 2.75) is 51.9 Å². The van der Waals surface area contributed by atoms with Crippen LogP contribution in [0.15, 0.2) is 0 Å². The van der Waals surface area contributed by atoms with Crippen LogP contribution in [0.1, 0.15) is 51.9 Å². The Balaban J connectivity index is 2.14. The lowest BCUT2D eigenvalue weighted by Crippen LogP contribution is -2.30. The van der Waals surface area contributed by atoms with Crippen molar-refractivity contribution < 1.29 is 9.90 Å². The van der Waals surface area contributed by atoms with Gasteiger partial charge in [0.25, 0.3) is 0 Å². The molecule has 0 amide bonds. The average molecular weight is 241 g/mol. The van der Waals surface area contributed by atoms with Crippen molar-refractivity contribution in [3.05, 3.63) is 0 Å². The SMILES string of the molecule is CCCCCN(C)CC1CCC(C(=O)O)CC1. The Kier molecular flexibility index (Phi) is 6.56. The molecule has 0 atom stereocenters. The minimum Gasteiger partial charge on any atom is -0.481 e. The van der Waals surface area contributed by atoms with Gasteiger partial charge in [0.15, 0.2) is 0 Å². The van der Waals surface area contributed by atoms with Crippen LogP contribution in [-0.4, -0.2) is 36.1 Å². The summed E-state index contributed by atoms with van der Waals surface area (Å²) in [4.78, 5) is 13.3. The first-order valence-corrected chi connectivity index (χ1v) is 7.04. The van der Waals surface area contributed by atoms with E-state index in [1.54, 1.807) is 0 Å². The van der Waals surface area contributed by atoms with Crippen LogP contribution in [-0.2, 0) is 4.79 Å². The number of hydrogen-bond acceptors (Lipinski definition) is 2. The molecule has 3 nitrogen and oxygen atoms in total. The van der Waals surface area contributed by atoms with Crippen molar-refractivity contribution in [2.24, 2.45) is 11.8 Å². The molecule has 100 valence electrons. The van der Waals surface area contributed by atoms with Crippen molar-refractivity contribution in [1.29, 1.82) is 0 Å². The van der Waals surface area contributed by atoms with Crippen molar-refractivity contribution in [1.82, 2.24) is 4.90 Å². The lowest BCUT2D eigenvalue weighted by atomic mass is 9.82. The molecular weight excluding hydrogens is 214 g/mol. The number of rotatable bonds is 7. The Labute approximate surface area is 105 Å². The third-order valence-corrected chi connectivity index (χ3v) is 3.91. The van der Waals surface area contributed by atoms with E-state index in [0.717, 1.165) is 38.1 Å². The topological polar surface area (TPSA) is 40.5 Å². The second kappa shape index (κ2) is 7.70. The smallest absolute Gasteiger partial charge is 0.306 e. The maximum absolute atomic E-state index is 10.8. The molecule has 0 bridgehead atoms. The molecule has 1 fully saturated rings. The van der Waals surface area contributed by atoms with E-state index in [9.17, 15) is 4.79 Å². The fraction of sp³-hybridized carbons (Fsp3) is 0.929. The second-order valence-corrected chi connectivity index (χ2v) is 5.53. The second-order valence-electron chi connectivity index (χ2n) is 5.53. The molecule has 3 heteroatoms. The van der Waals surface area contributed by atoms with Gasteiger partial charge in [-0.3, -0.25) is 4.79 Å². The number of aliphatic carboxylic acids is 1. The highest BCUT2D eigenvalue weighted by molar-refractivity contribution is 5.69. The molecule has 0 aliphatic heterocycles. The zero-order valence-corrected chi connectivity index (χ0v) is 11.3.